The van der Waals surface area contributed by atoms with Crippen LogP contribution in [-0.4, -0.2) is 17.1 Å². The van der Waals surface area contributed by atoms with Crippen LogP contribution >= 0.6 is 27.9 Å². The first-order chi connectivity index (χ1) is 7.02. The number of hydrogen-bond acceptors (Lipinski definition) is 3. The molecule has 82 valence electrons. The number of nitrogens with zero attached hydrogens (tertiary/aromatic N) is 1. The van der Waals surface area contributed by atoms with Crippen molar-refractivity contribution >= 4 is 33.6 Å². The maximum Gasteiger partial charge on any atom is 0.0540 e. The Bertz CT molecular complexity index is 363. The summed E-state index contributed by atoms with van der Waals surface area (Å²) in [5, 5.41) is 0. The molecule has 1 atom stereocenters. The fourth-order valence-electron chi connectivity index (χ4n) is 1.93. The monoisotopic (exact) mass is 286 g/mol. The summed E-state index contributed by atoms with van der Waals surface area (Å²) in [5.41, 5.74) is 8.11. The van der Waals surface area contributed by atoms with E-state index < -0.39 is 0 Å². The van der Waals surface area contributed by atoms with Crippen molar-refractivity contribution in [2.24, 2.45) is 0 Å². The molecule has 1 saturated heterocycles. The van der Waals surface area contributed by atoms with Crippen LogP contribution in [0.5, 0.6) is 0 Å². The third-order valence-electron chi connectivity index (χ3n) is 3.11. The lowest BCUT2D eigenvalue weighted by Gasteiger charge is -2.31. The van der Waals surface area contributed by atoms with Gasteiger partial charge in [0.15, 0.2) is 0 Å². The maximum absolute atomic E-state index is 5.88. The molecular formula is C11H15BrN2S. The van der Waals surface area contributed by atoms with Crippen LogP contribution in [0.1, 0.15) is 18.9 Å². The molecule has 0 amide bonds. The molecule has 2 nitrogen and oxygen atoms in total. The maximum atomic E-state index is 5.88. The van der Waals surface area contributed by atoms with Gasteiger partial charge in [0, 0.05) is 15.9 Å². The van der Waals surface area contributed by atoms with Crippen LogP contribution in [0.25, 0.3) is 0 Å². The molecule has 1 fully saturated rings. The summed E-state index contributed by atoms with van der Waals surface area (Å²) >= 11 is 5.39. The Kier molecular flexibility index (Phi) is 3.01. The van der Waals surface area contributed by atoms with Crippen LogP contribution in [-0.2, 0) is 5.54 Å². The number of rotatable bonds is 1. The van der Waals surface area contributed by atoms with Crippen LogP contribution in [0.15, 0.2) is 22.7 Å². The molecule has 15 heavy (non-hydrogen) atoms. The zero-order chi connectivity index (χ0) is 11.1. The molecule has 1 aromatic rings. The van der Waals surface area contributed by atoms with Gasteiger partial charge < -0.3 is 5.73 Å². The first kappa shape index (κ1) is 11.3. The summed E-state index contributed by atoms with van der Waals surface area (Å²) in [7, 11) is 2.15. The van der Waals surface area contributed by atoms with Crippen molar-refractivity contribution in [1.29, 1.82) is 0 Å². The van der Waals surface area contributed by atoms with Gasteiger partial charge in [0.05, 0.1) is 5.54 Å². The molecule has 0 aliphatic carbocycles. The molecule has 1 unspecified atom stereocenters. The second-order valence-electron chi connectivity index (χ2n) is 4.13. The van der Waals surface area contributed by atoms with Crippen molar-refractivity contribution < 1.29 is 0 Å². The van der Waals surface area contributed by atoms with Gasteiger partial charge in [-0.3, -0.25) is 0 Å². The number of halogens is 1. The first-order valence-electron chi connectivity index (χ1n) is 4.96. The molecule has 0 aromatic heterocycles. The molecule has 2 rings (SSSR count). The number of anilines is 1. The minimum Gasteiger partial charge on any atom is -0.399 e. The number of nitrogen functional groups attached to an aromatic ring is 1. The highest BCUT2D eigenvalue weighted by Gasteiger charge is 2.36. The lowest BCUT2D eigenvalue weighted by molar-refractivity contribution is 0.280. The largest absolute Gasteiger partial charge is 0.399 e. The molecule has 0 bridgehead atoms. The Labute approximate surface area is 103 Å². The van der Waals surface area contributed by atoms with Crippen LogP contribution < -0.4 is 5.73 Å². The van der Waals surface area contributed by atoms with Gasteiger partial charge in [-0.2, -0.15) is 0 Å². The Morgan fingerprint density at radius 2 is 2.20 bits per heavy atom. The van der Waals surface area contributed by atoms with Gasteiger partial charge in [-0.1, -0.05) is 27.9 Å². The van der Waals surface area contributed by atoms with Gasteiger partial charge >= 0.3 is 0 Å². The van der Waals surface area contributed by atoms with Crippen molar-refractivity contribution in [3.63, 3.8) is 0 Å². The number of nitrogens with two attached hydrogens (primary N) is 1. The standard InChI is InChI=1S/C11H15BrN2S/c1-11(3-4-15-14(11)2)8-5-9(12)7-10(13)6-8/h5-7H,3-4,13H2,1-2H3. The van der Waals surface area contributed by atoms with E-state index in [1.54, 1.807) is 0 Å². The summed E-state index contributed by atoms with van der Waals surface area (Å²) in [6, 6.07) is 6.18. The van der Waals surface area contributed by atoms with E-state index in [2.05, 4.69) is 46.3 Å². The van der Waals surface area contributed by atoms with Crippen LogP contribution in [0.2, 0.25) is 0 Å². The summed E-state index contributed by atoms with van der Waals surface area (Å²) in [4.78, 5) is 0. The molecule has 1 aromatic carbocycles. The van der Waals surface area contributed by atoms with Gasteiger partial charge in [-0.05, 0) is 44.2 Å². The Balaban J connectivity index is 2.44. The summed E-state index contributed by atoms with van der Waals surface area (Å²) < 4.78 is 3.39. The van der Waals surface area contributed by atoms with Gasteiger partial charge in [-0.25, -0.2) is 4.31 Å². The molecule has 2 N–H and O–H groups in total. The topological polar surface area (TPSA) is 29.3 Å². The average Bonchev–Trinajstić information content (AvgIpc) is 2.47. The average molecular weight is 287 g/mol. The van der Waals surface area contributed by atoms with E-state index in [0.29, 0.717) is 0 Å². The van der Waals surface area contributed by atoms with E-state index in [0.717, 1.165) is 10.2 Å². The lowest BCUT2D eigenvalue weighted by Crippen LogP contribution is -2.32. The lowest BCUT2D eigenvalue weighted by atomic mass is 9.89. The van der Waals surface area contributed by atoms with E-state index in [4.69, 9.17) is 5.73 Å². The molecule has 1 heterocycles. The predicted octanol–water partition coefficient (Wildman–Crippen LogP) is 3.23. The minimum atomic E-state index is 0.114. The molecule has 1 aliphatic heterocycles. The van der Waals surface area contributed by atoms with E-state index in [1.807, 2.05) is 18.0 Å². The van der Waals surface area contributed by atoms with Gasteiger partial charge in [0.1, 0.15) is 0 Å². The first-order valence-corrected chi connectivity index (χ1v) is 6.69. The van der Waals surface area contributed by atoms with Crippen molar-refractivity contribution in [3.8, 4) is 0 Å². The van der Waals surface area contributed by atoms with E-state index in [9.17, 15) is 0 Å². The van der Waals surface area contributed by atoms with Crippen LogP contribution in [0.4, 0.5) is 5.69 Å². The highest BCUT2D eigenvalue weighted by Crippen LogP contribution is 2.43. The summed E-state index contributed by atoms with van der Waals surface area (Å²) in [6.45, 7) is 2.27. The summed E-state index contributed by atoms with van der Waals surface area (Å²) in [6.07, 6.45) is 1.17. The van der Waals surface area contributed by atoms with Gasteiger partial charge in [-0.15, -0.1) is 0 Å². The third-order valence-corrected chi connectivity index (χ3v) is 4.75. The number of benzene rings is 1. The Hall–Kier alpha value is -0.190. The van der Waals surface area contributed by atoms with Crippen molar-refractivity contribution in [1.82, 2.24) is 4.31 Å². The highest BCUT2D eigenvalue weighted by atomic mass is 79.9. The second-order valence-corrected chi connectivity index (χ2v) is 6.26. The van der Waals surface area contributed by atoms with E-state index in [1.165, 1.54) is 17.7 Å². The molecule has 0 spiro atoms. The SMILES string of the molecule is CN1SCCC1(C)c1cc(N)cc(Br)c1. The molecular weight excluding hydrogens is 272 g/mol. The van der Waals surface area contributed by atoms with Gasteiger partial charge in [0.2, 0.25) is 0 Å². The quantitative estimate of drug-likeness (QED) is 0.635. The number of hydrogen-bond donors (Lipinski definition) is 1. The predicted molar refractivity (Wildman–Crippen MR) is 70.7 cm³/mol. The summed E-state index contributed by atoms with van der Waals surface area (Å²) in [5.74, 6) is 1.18. The van der Waals surface area contributed by atoms with Crippen LogP contribution in [0.3, 0.4) is 0 Å². The molecule has 0 saturated carbocycles. The van der Waals surface area contributed by atoms with Gasteiger partial charge in [0.25, 0.3) is 0 Å². The molecule has 4 heteroatoms. The van der Waals surface area contributed by atoms with Crippen LogP contribution in [0, 0.1) is 0 Å². The van der Waals surface area contributed by atoms with Crippen molar-refractivity contribution in [3.05, 3.63) is 28.2 Å². The molecule has 1 aliphatic rings. The second kappa shape index (κ2) is 4.00. The fourth-order valence-corrected chi connectivity index (χ4v) is 3.69. The van der Waals surface area contributed by atoms with E-state index >= 15 is 0 Å². The van der Waals surface area contributed by atoms with Crippen molar-refractivity contribution in [2.75, 3.05) is 18.5 Å². The Morgan fingerprint density at radius 3 is 2.73 bits per heavy atom. The fraction of sp³-hybridized carbons (Fsp3) is 0.455. The smallest absolute Gasteiger partial charge is 0.0540 e. The van der Waals surface area contributed by atoms with E-state index in [-0.39, 0.29) is 5.54 Å². The third kappa shape index (κ3) is 2.03. The molecule has 0 radical (unpaired) electrons. The highest BCUT2D eigenvalue weighted by molar-refractivity contribution is 9.10. The zero-order valence-corrected chi connectivity index (χ0v) is 11.4. The Morgan fingerprint density at radius 1 is 1.47 bits per heavy atom. The van der Waals surface area contributed by atoms with Crippen molar-refractivity contribution in [2.45, 2.75) is 18.9 Å². The minimum absolute atomic E-state index is 0.114. The normalized spacial score (nSPS) is 27.1. The zero-order valence-electron chi connectivity index (χ0n) is 8.96.